The second-order valence-corrected chi connectivity index (χ2v) is 11.8. The Morgan fingerprint density at radius 2 is 1.85 bits per heavy atom. The number of aromatic nitrogens is 1. The monoisotopic (exact) mass is 560 g/mol. The Labute approximate surface area is 246 Å². The first kappa shape index (κ1) is 31.9. The number of rotatable bonds is 11. The van der Waals surface area contributed by atoms with Crippen molar-refractivity contribution < 1.29 is 14.3 Å². The zero-order chi connectivity index (χ0) is 30.2. The zero-order valence-electron chi connectivity index (χ0n) is 25.9. The fourth-order valence-corrected chi connectivity index (χ4v) is 5.65. The lowest BCUT2D eigenvalue weighted by molar-refractivity contribution is 0.0204. The van der Waals surface area contributed by atoms with Crippen molar-refractivity contribution in [3.05, 3.63) is 83.2 Å². The van der Waals surface area contributed by atoms with E-state index in [1.54, 1.807) is 4.90 Å². The number of aryl methyl sites for hydroxylation is 3. The molecule has 1 fully saturated rings. The average molecular weight is 561 g/mol. The summed E-state index contributed by atoms with van der Waals surface area (Å²) >= 11 is 0. The Kier molecular flexibility index (Phi) is 11.2. The molecule has 2 aromatic rings. The zero-order valence-corrected chi connectivity index (χ0v) is 25.9. The lowest BCUT2D eigenvalue weighted by Crippen LogP contribution is -2.48. The van der Waals surface area contributed by atoms with E-state index in [-0.39, 0.29) is 18.0 Å². The van der Waals surface area contributed by atoms with E-state index in [0.717, 1.165) is 60.4 Å². The molecule has 222 valence electrons. The van der Waals surface area contributed by atoms with E-state index in [1.807, 2.05) is 58.9 Å². The van der Waals surface area contributed by atoms with E-state index in [1.165, 1.54) is 5.56 Å². The molecule has 0 atom stereocenters. The molecular formula is C34H48N4O3. The highest BCUT2D eigenvalue weighted by Gasteiger charge is 2.30. The first-order valence-electron chi connectivity index (χ1n) is 14.8. The van der Waals surface area contributed by atoms with Crippen LogP contribution in [0.2, 0.25) is 0 Å². The van der Waals surface area contributed by atoms with Gasteiger partial charge < -0.3 is 19.9 Å². The van der Waals surface area contributed by atoms with E-state index in [9.17, 15) is 9.59 Å². The lowest BCUT2D eigenvalue weighted by atomic mass is 9.96. The highest BCUT2D eigenvalue weighted by atomic mass is 16.6. The van der Waals surface area contributed by atoms with Crippen molar-refractivity contribution in [2.75, 3.05) is 24.5 Å². The van der Waals surface area contributed by atoms with Crippen molar-refractivity contribution in [1.82, 2.24) is 15.2 Å². The number of piperidine rings is 1. The fraction of sp³-hybridized carbons (Fsp3) is 0.500. The molecule has 3 rings (SSSR count). The summed E-state index contributed by atoms with van der Waals surface area (Å²) in [7, 11) is 0. The number of likely N-dealkylation sites (tertiary alicyclic amines) is 1. The predicted molar refractivity (Wildman–Crippen MR) is 168 cm³/mol. The van der Waals surface area contributed by atoms with Gasteiger partial charge in [-0.1, -0.05) is 18.2 Å². The molecule has 0 saturated carbocycles. The molecule has 0 spiro atoms. The number of benzene rings is 1. The van der Waals surface area contributed by atoms with Crippen molar-refractivity contribution in [2.45, 2.75) is 91.8 Å². The van der Waals surface area contributed by atoms with Gasteiger partial charge in [-0.05, 0) is 109 Å². The predicted octanol–water partition coefficient (Wildman–Crippen LogP) is 6.70. The topological polar surface area (TPSA) is 74.8 Å². The van der Waals surface area contributed by atoms with Gasteiger partial charge in [-0.25, -0.2) is 4.79 Å². The molecule has 1 N–H and O–H groups in total. The molecule has 1 saturated heterocycles. The molecule has 1 aliphatic rings. The SMILES string of the molecule is C=CCCc1cc(C)nc(C)c1CNC(=O)c1cccc(N(CC)C2CCN(C(=O)OC(C)(C)C)CC2)c1CC=C. The second-order valence-electron chi connectivity index (χ2n) is 11.8. The average Bonchev–Trinajstić information content (AvgIpc) is 2.91. The molecule has 41 heavy (non-hydrogen) atoms. The number of nitrogens with zero attached hydrogens (tertiary/aromatic N) is 3. The minimum Gasteiger partial charge on any atom is -0.444 e. The van der Waals surface area contributed by atoms with Gasteiger partial charge >= 0.3 is 6.09 Å². The molecule has 2 heterocycles. The molecule has 1 aliphatic heterocycles. The van der Waals surface area contributed by atoms with Gasteiger partial charge in [-0.15, -0.1) is 13.2 Å². The van der Waals surface area contributed by atoms with Crippen LogP contribution in [0.4, 0.5) is 10.5 Å². The van der Waals surface area contributed by atoms with E-state index < -0.39 is 5.60 Å². The van der Waals surface area contributed by atoms with Crippen LogP contribution in [0.5, 0.6) is 0 Å². The standard InChI is InChI=1S/C34H48N4O3/c1-9-12-15-26-22-24(4)36-25(5)30(26)23-35-32(39)29-16-13-17-31(28(29)14-10-2)38(11-3)27-18-20-37(21-19-27)33(40)41-34(6,7)8/h9-10,13,16-17,22,27H,1-2,11-12,14-15,18-21,23H2,3-8H3,(H,35,39). The van der Waals surface area contributed by atoms with Crippen molar-refractivity contribution >= 4 is 17.7 Å². The van der Waals surface area contributed by atoms with E-state index in [4.69, 9.17) is 4.74 Å². The number of hydrogen-bond donors (Lipinski definition) is 1. The number of nitrogens with one attached hydrogen (secondary N) is 1. The van der Waals surface area contributed by atoms with Crippen LogP contribution in [-0.2, 0) is 24.1 Å². The number of carbonyl (C=O) groups is 2. The van der Waals surface area contributed by atoms with Gasteiger partial charge in [0.05, 0.1) is 0 Å². The minimum absolute atomic E-state index is 0.103. The molecule has 7 nitrogen and oxygen atoms in total. The number of allylic oxidation sites excluding steroid dienone is 2. The van der Waals surface area contributed by atoms with Crippen molar-refractivity contribution in [1.29, 1.82) is 0 Å². The minimum atomic E-state index is -0.508. The second kappa shape index (κ2) is 14.3. The van der Waals surface area contributed by atoms with E-state index >= 15 is 0 Å². The number of ether oxygens (including phenoxy) is 1. The van der Waals surface area contributed by atoms with Gasteiger partial charge in [0.2, 0.25) is 0 Å². The van der Waals surface area contributed by atoms with Crippen LogP contribution >= 0.6 is 0 Å². The summed E-state index contributed by atoms with van der Waals surface area (Å²) in [5.41, 5.74) is 6.37. The van der Waals surface area contributed by atoms with Crippen molar-refractivity contribution in [3.8, 4) is 0 Å². The van der Waals surface area contributed by atoms with Gasteiger partial charge in [-0.3, -0.25) is 9.78 Å². The first-order chi connectivity index (χ1) is 19.5. The van der Waals surface area contributed by atoms with Gasteiger partial charge in [-0.2, -0.15) is 0 Å². The third-order valence-corrected chi connectivity index (χ3v) is 7.55. The summed E-state index contributed by atoms with van der Waals surface area (Å²) in [5, 5.41) is 3.18. The molecule has 2 amide bonds. The first-order valence-corrected chi connectivity index (χ1v) is 14.8. The summed E-state index contributed by atoms with van der Waals surface area (Å²) in [4.78, 5) is 35.0. The molecular weight excluding hydrogens is 512 g/mol. The van der Waals surface area contributed by atoms with Crippen LogP contribution in [0.15, 0.2) is 49.6 Å². The Morgan fingerprint density at radius 1 is 1.15 bits per heavy atom. The number of amides is 2. The highest BCUT2D eigenvalue weighted by molar-refractivity contribution is 5.97. The van der Waals surface area contributed by atoms with Gasteiger partial charge in [0.25, 0.3) is 5.91 Å². The number of anilines is 1. The van der Waals surface area contributed by atoms with E-state index in [0.29, 0.717) is 31.6 Å². The number of carbonyl (C=O) groups excluding carboxylic acids is 2. The summed E-state index contributed by atoms with van der Waals surface area (Å²) < 4.78 is 5.58. The Morgan fingerprint density at radius 3 is 2.46 bits per heavy atom. The number of pyridine rings is 1. The highest BCUT2D eigenvalue weighted by Crippen LogP contribution is 2.30. The third kappa shape index (κ3) is 8.44. The number of hydrogen-bond acceptors (Lipinski definition) is 5. The van der Waals surface area contributed by atoms with Gasteiger partial charge in [0.15, 0.2) is 0 Å². The Hall–Kier alpha value is -3.61. The summed E-state index contributed by atoms with van der Waals surface area (Å²) in [6.07, 6.45) is 7.53. The van der Waals surface area contributed by atoms with E-state index in [2.05, 4.69) is 47.4 Å². The van der Waals surface area contributed by atoms with Crippen LogP contribution in [0.1, 0.15) is 85.4 Å². The molecule has 1 aromatic carbocycles. The molecule has 0 radical (unpaired) electrons. The fourth-order valence-electron chi connectivity index (χ4n) is 5.65. The largest absolute Gasteiger partial charge is 0.444 e. The third-order valence-electron chi connectivity index (χ3n) is 7.55. The normalized spacial score (nSPS) is 14.0. The maximum atomic E-state index is 13.6. The lowest BCUT2D eigenvalue weighted by Gasteiger charge is -2.40. The van der Waals surface area contributed by atoms with Crippen LogP contribution in [-0.4, -0.2) is 53.2 Å². The van der Waals surface area contributed by atoms with Crippen LogP contribution in [0, 0.1) is 13.8 Å². The maximum Gasteiger partial charge on any atom is 0.410 e. The summed E-state index contributed by atoms with van der Waals surface area (Å²) in [6.45, 7) is 22.2. The smallest absolute Gasteiger partial charge is 0.410 e. The quantitative estimate of drug-likeness (QED) is 0.310. The molecule has 1 aromatic heterocycles. The summed E-state index contributed by atoms with van der Waals surface area (Å²) in [6, 6.07) is 8.32. The molecule has 7 heteroatoms. The Balaban J connectivity index is 1.80. The molecule has 0 unspecified atom stereocenters. The van der Waals surface area contributed by atoms with Crippen LogP contribution in [0.25, 0.3) is 0 Å². The molecule has 0 aliphatic carbocycles. The van der Waals surface area contributed by atoms with Crippen molar-refractivity contribution in [3.63, 3.8) is 0 Å². The van der Waals surface area contributed by atoms with Crippen LogP contribution < -0.4 is 10.2 Å². The van der Waals surface area contributed by atoms with Gasteiger partial charge in [0, 0.05) is 54.9 Å². The van der Waals surface area contributed by atoms with Gasteiger partial charge in [0.1, 0.15) is 5.60 Å². The maximum absolute atomic E-state index is 13.6. The Bertz CT molecular complexity index is 1240. The van der Waals surface area contributed by atoms with Crippen LogP contribution in [0.3, 0.4) is 0 Å². The summed E-state index contributed by atoms with van der Waals surface area (Å²) in [5.74, 6) is -0.103. The molecule has 0 bridgehead atoms. The van der Waals surface area contributed by atoms with Crippen molar-refractivity contribution in [2.24, 2.45) is 0 Å².